The third kappa shape index (κ3) is 3.56. The number of hydrogen-bond acceptors (Lipinski definition) is 4. The number of aliphatic hydroxyl groups is 1. The van der Waals surface area contributed by atoms with Crippen LogP contribution in [0.1, 0.15) is 18.2 Å². The Labute approximate surface area is 100 Å². The van der Waals surface area contributed by atoms with Crippen molar-refractivity contribution in [2.75, 3.05) is 19.8 Å². The first-order valence-electron chi connectivity index (χ1n) is 5.72. The van der Waals surface area contributed by atoms with Crippen LogP contribution in [-0.4, -0.2) is 36.5 Å². The van der Waals surface area contributed by atoms with E-state index in [1.165, 1.54) is 4.88 Å². The monoisotopic (exact) mass is 241 g/mol. The highest BCUT2D eigenvalue weighted by molar-refractivity contribution is 7.09. The van der Waals surface area contributed by atoms with Gasteiger partial charge in [0, 0.05) is 23.9 Å². The van der Waals surface area contributed by atoms with Crippen molar-refractivity contribution >= 4 is 11.3 Å². The Morgan fingerprint density at radius 3 is 3.19 bits per heavy atom. The average Bonchev–Trinajstić information content (AvgIpc) is 2.70. The summed E-state index contributed by atoms with van der Waals surface area (Å²) >= 11 is 1.70. The molecule has 2 N–H and O–H groups in total. The Balaban J connectivity index is 1.86. The summed E-state index contributed by atoms with van der Waals surface area (Å²) in [4.78, 5) is 1.24. The predicted octanol–water partition coefficient (Wildman–Crippen LogP) is 1.42. The van der Waals surface area contributed by atoms with Gasteiger partial charge in [0.15, 0.2) is 0 Å². The molecule has 16 heavy (non-hydrogen) atoms. The zero-order valence-corrected chi connectivity index (χ0v) is 10.4. The molecule has 2 heterocycles. The normalized spacial score (nSPS) is 25.2. The summed E-state index contributed by atoms with van der Waals surface area (Å²) < 4.78 is 5.39. The second-order valence-electron chi connectivity index (χ2n) is 4.68. The number of nitrogens with one attached hydrogen (secondary N) is 1. The summed E-state index contributed by atoms with van der Waals surface area (Å²) in [5.74, 6) is 0. The van der Waals surface area contributed by atoms with E-state index in [0.29, 0.717) is 6.61 Å². The Kier molecular flexibility index (Phi) is 3.97. The highest BCUT2D eigenvalue weighted by Crippen LogP contribution is 2.22. The third-order valence-corrected chi connectivity index (χ3v) is 3.70. The van der Waals surface area contributed by atoms with Crippen LogP contribution in [0.15, 0.2) is 17.5 Å². The van der Waals surface area contributed by atoms with E-state index in [9.17, 15) is 5.11 Å². The summed E-state index contributed by atoms with van der Waals surface area (Å²) in [5.41, 5.74) is -0.650. The minimum atomic E-state index is -0.650. The van der Waals surface area contributed by atoms with Crippen molar-refractivity contribution < 1.29 is 9.84 Å². The predicted molar refractivity (Wildman–Crippen MR) is 65.9 cm³/mol. The van der Waals surface area contributed by atoms with Crippen LogP contribution in [-0.2, 0) is 11.2 Å². The summed E-state index contributed by atoms with van der Waals surface area (Å²) in [6.07, 6.45) is 1.47. The lowest BCUT2D eigenvalue weighted by Crippen LogP contribution is -2.46. The first kappa shape index (κ1) is 12.0. The fraction of sp³-hybridized carbons (Fsp3) is 0.667. The molecule has 0 amide bonds. The van der Waals surface area contributed by atoms with Gasteiger partial charge in [0.25, 0.3) is 0 Å². The van der Waals surface area contributed by atoms with E-state index >= 15 is 0 Å². The quantitative estimate of drug-likeness (QED) is 0.837. The van der Waals surface area contributed by atoms with Gasteiger partial charge in [-0.2, -0.15) is 0 Å². The molecule has 0 radical (unpaired) electrons. The average molecular weight is 241 g/mol. The molecule has 1 aliphatic rings. The van der Waals surface area contributed by atoms with Crippen molar-refractivity contribution in [3.05, 3.63) is 22.4 Å². The van der Waals surface area contributed by atoms with Gasteiger partial charge in [0.2, 0.25) is 0 Å². The maximum absolute atomic E-state index is 10.3. The molecule has 1 saturated heterocycles. The van der Waals surface area contributed by atoms with Gasteiger partial charge in [-0.1, -0.05) is 6.07 Å². The Morgan fingerprint density at radius 1 is 1.69 bits per heavy atom. The van der Waals surface area contributed by atoms with Crippen LogP contribution in [0.5, 0.6) is 0 Å². The van der Waals surface area contributed by atoms with Gasteiger partial charge in [-0.15, -0.1) is 11.3 Å². The molecule has 0 aromatic carbocycles. The Morgan fingerprint density at radius 2 is 2.56 bits per heavy atom. The third-order valence-electron chi connectivity index (χ3n) is 2.82. The van der Waals surface area contributed by atoms with E-state index in [2.05, 4.69) is 11.4 Å². The molecule has 0 spiro atoms. The van der Waals surface area contributed by atoms with Crippen LogP contribution in [0.2, 0.25) is 0 Å². The second-order valence-corrected chi connectivity index (χ2v) is 5.72. The molecule has 0 bridgehead atoms. The maximum atomic E-state index is 10.3. The summed E-state index contributed by atoms with van der Waals surface area (Å²) in [5, 5.41) is 15.8. The van der Waals surface area contributed by atoms with Gasteiger partial charge in [0.1, 0.15) is 0 Å². The van der Waals surface area contributed by atoms with Crippen molar-refractivity contribution in [1.29, 1.82) is 0 Å². The number of morpholine rings is 1. The zero-order valence-electron chi connectivity index (χ0n) is 9.61. The maximum Gasteiger partial charge on any atom is 0.0683 e. The highest BCUT2D eigenvalue weighted by Gasteiger charge is 2.27. The van der Waals surface area contributed by atoms with E-state index in [1.807, 2.05) is 18.4 Å². The minimum Gasteiger partial charge on any atom is -0.390 e. The van der Waals surface area contributed by atoms with Crippen molar-refractivity contribution in [2.24, 2.45) is 0 Å². The summed E-state index contributed by atoms with van der Waals surface area (Å²) in [6.45, 7) is 4.28. The van der Waals surface area contributed by atoms with E-state index < -0.39 is 5.60 Å². The van der Waals surface area contributed by atoms with Gasteiger partial charge in [0.05, 0.1) is 18.8 Å². The van der Waals surface area contributed by atoms with Crippen LogP contribution in [0, 0.1) is 0 Å². The lowest BCUT2D eigenvalue weighted by atomic mass is 9.92. The molecule has 1 aliphatic heterocycles. The fourth-order valence-corrected chi connectivity index (χ4v) is 3.03. The number of hydrogen-bond donors (Lipinski definition) is 2. The molecule has 90 valence electrons. The lowest BCUT2D eigenvalue weighted by molar-refractivity contribution is 0.00696. The first-order valence-corrected chi connectivity index (χ1v) is 6.60. The lowest BCUT2D eigenvalue weighted by Gasteiger charge is -2.31. The molecular weight excluding hydrogens is 222 g/mol. The molecule has 4 heteroatoms. The highest BCUT2D eigenvalue weighted by atomic mass is 32.1. The molecule has 1 aromatic rings. The molecule has 3 nitrogen and oxygen atoms in total. The van der Waals surface area contributed by atoms with Crippen molar-refractivity contribution in [1.82, 2.24) is 5.32 Å². The molecule has 0 saturated carbocycles. The van der Waals surface area contributed by atoms with Crippen LogP contribution in [0.3, 0.4) is 0 Å². The largest absolute Gasteiger partial charge is 0.390 e. The summed E-state index contributed by atoms with van der Waals surface area (Å²) in [6, 6.07) is 4.38. The van der Waals surface area contributed by atoms with Crippen molar-refractivity contribution in [3.8, 4) is 0 Å². The van der Waals surface area contributed by atoms with Gasteiger partial charge >= 0.3 is 0 Å². The fourth-order valence-electron chi connectivity index (χ4n) is 2.14. The Bertz CT molecular complexity index is 305. The first-order chi connectivity index (χ1) is 7.66. The zero-order chi connectivity index (χ0) is 11.4. The molecular formula is C12H19NO2S. The standard InChI is InChI=1S/C12H19NO2S/c1-12(14,8-11-3-2-6-16-11)7-10-9-15-5-4-13-10/h2-3,6,10,13-14H,4-5,7-9H2,1H3. The number of ether oxygens (including phenoxy) is 1. The minimum absolute atomic E-state index is 0.281. The molecule has 2 unspecified atom stereocenters. The SMILES string of the molecule is CC(O)(Cc1cccs1)CC1COCCN1. The van der Waals surface area contributed by atoms with E-state index in [4.69, 9.17) is 4.74 Å². The van der Waals surface area contributed by atoms with E-state index in [1.54, 1.807) is 11.3 Å². The van der Waals surface area contributed by atoms with E-state index in [0.717, 1.165) is 26.0 Å². The van der Waals surface area contributed by atoms with Crippen LogP contribution in [0.4, 0.5) is 0 Å². The van der Waals surface area contributed by atoms with Gasteiger partial charge in [-0.3, -0.25) is 0 Å². The smallest absolute Gasteiger partial charge is 0.0683 e. The molecule has 2 rings (SSSR count). The Hall–Kier alpha value is -0.420. The van der Waals surface area contributed by atoms with Crippen molar-refractivity contribution in [3.63, 3.8) is 0 Å². The van der Waals surface area contributed by atoms with Gasteiger partial charge < -0.3 is 15.2 Å². The van der Waals surface area contributed by atoms with Crippen LogP contribution < -0.4 is 5.32 Å². The van der Waals surface area contributed by atoms with E-state index in [-0.39, 0.29) is 6.04 Å². The summed E-state index contributed by atoms with van der Waals surface area (Å²) in [7, 11) is 0. The molecule has 1 aromatic heterocycles. The number of thiophene rings is 1. The second kappa shape index (κ2) is 5.27. The van der Waals surface area contributed by atoms with Crippen molar-refractivity contribution in [2.45, 2.75) is 31.4 Å². The van der Waals surface area contributed by atoms with Crippen LogP contribution in [0.25, 0.3) is 0 Å². The molecule has 2 atom stereocenters. The molecule has 0 aliphatic carbocycles. The van der Waals surface area contributed by atoms with Gasteiger partial charge in [-0.25, -0.2) is 0 Å². The topological polar surface area (TPSA) is 41.5 Å². The molecule has 1 fully saturated rings. The van der Waals surface area contributed by atoms with Crippen LogP contribution >= 0.6 is 11.3 Å². The number of rotatable bonds is 4. The van der Waals surface area contributed by atoms with Gasteiger partial charge in [-0.05, 0) is 24.8 Å².